The van der Waals surface area contributed by atoms with E-state index in [1.165, 1.54) is 0 Å². The Bertz CT molecular complexity index is 505. The van der Waals surface area contributed by atoms with Gasteiger partial charge in [0.25, 0.3) is 0 Å². The second-order valence-corrected chi connectivity index (χ2v) is 7.47. The van der Waals surface area contributed by atoms with Crippen LogP contribution in [0.1, 0.15) is 19.8 Å². The molecule has 25 heavy (non-hydrogen) atoms. The molecule has 3 rings (SSSR count). The van der Waals surface area contributed by atoms with Crippen LogP contribution >= 0.6 is 0 Å². The predicted molar refractivity (Wildman–Crippen MR) is 93.1 cm³/mol. The maximum Gasteiger partial charge on any atom is 0.248 e. The van der Waals surface area contributed by atoms with Gasteiger partial charge in [-0.25, -0.2) is 0 Å². The lowest BCUT2D eigenvalue weighted by Crippen LogP contribution is -2.58. The zero-order valence-corrected chi connectivity index (χ0v) is 15.7. The summed E-state index contributed by atoms with van der Waals surface area (Å²) in [7, 11) is 3.27. The van der Waals surface area contributed by atoms with E-state index in [0.717, 1.165) is 39.0 Å². The summed E-state index contributed by atoms with van der Waals surface area (Å²) < 4.78 is 10.2. The molecule has 0 unspecified atom stereocenters. The van der Waals surface area contributed by atoms with Crippen molar-refractivity contribution in [1.82, 2.24) is 14.7 Å². The number of amides is 2. The first-order chi connectivity index (χ1) is 12.1. The van der Waals surface area contributed by atoms with Crippen molar-refractivity contribution in [3.05, 3.63) is 0 Å². The first-order valence-corrected chi connectivity index (χ1v) is 9.37. The number of carbonyl (C=O) groups excluding carboxylic acids is 2. The lowest BCUT2D eigenvalue weighted by Gasteiger charge is -2.47. The van der Waals surface area contributed by atoms with Gasteiger partial charge in [0.15, 0.2) is 0 Å². The van der Waals surface area contributed by atoms with E-state index in [0.29, 0.717) is 31.5 Å². The molecule has 0 bridgehead atoms. The Hall–Kier alpha value is -1.18. The van der Waals surface area contributed by atoms with Crippen molar-refractivity contribution >= 4 is 11.8 Å². The van der Waals surface area contributed by atoms with Crippen LogP contribution in [0.2, 0.25) is 0 Å². The molecule has 2 amide bonds. The highest BCUT2D eigenvalue weighted by molar-refractivity contribution is 5.84. The van der Waals surface area contributed by atoms with Gasteiger partial charge in [0.1, 0.15) is 6.61 Å². The van der Waals surface area contributed by atoms with Gasteiger partial charge in [0.2, 0.25) is 11.8 Å². The topological polar surface area (TPSA) is 62.3 Å². The monoisotopic (exact) mass is 353 g/mol. The largest absolute Gasteiger partial charge is 0.383 e. The summed E-state index contributed by atoms with van der Waals surface area (Å²) in [6, 6.07) is 0. The van der Waals surface area contributed by atoms with Gasteiger partial charge in [-0.1, -0.05) is 0 Å². The van der Waals surface area contributed by atoms with Gasteiger partial charge in [0.05, 0.1) is 18.1 Å². The molecule has 3 aliphatic rings. The third-order valence-electron chi connectivity index (χ3n) is 6.38. The summed E-state index contributed by atoms with van der Waals surface area (Å²) in [5, 5.41) is 0. The van der Waals surface area contributed by atoms with E-state index in [1.807, 2.05) is 4.90 Å². The molecule has 3 fully saturated rings. The van der Waals surface area contributed by atoms with E-state index < -0.39 is 0 Å². The van der Waals surface area contributed by atoms with Gasteiger partial charge in [-0.3, -0.25) is 14.5 Å². The Morgan fingerprint density at radius 1 is 1.20 bits per heavy atom. The molecule has 3 heterocycles. The maximum atomic E-state index is 13.0. The highest BCUT2D eigenvalue weighted by Gasteiger charge is 2.61. The zero-order chi connectivity index (χ0) is 18.0. The SMILES string of the molecule is CCN1C(=O)[C@H]2CN(CCOC)C[C@H]2C12CCN(C(=O)COC)CC2. The van der Waals surface area contributed by atoms with Crippen LogP contribution in [0.4, 0.5) is 0 Å². The van der Waals surface area contributed by atoms with Crippen LogP contribution in [0.25, 0.3) is 0 Å². The second kappa shape index (κ2) is 7.60. The summed E-state index contributed by atoms with van der Waals surface area (Å²) in [4.78, 5) is 31.5. The van der Waals surface area contributed by atoms with Crippen LogP contribution in [0.3, 0.4) is 0 Å². The molecule has 0 aromatic rings. The van der Waals surface area contributed by atoms with Crippen molar-refractivity contribution in [2.24, 2.45) is 11.8 Å². The van der Waals surface area contributed by atoms with E-state index in [2.05, 4.69) is 16.7 Å². The predicted octanol–water partition coefficient (Wildman–Crippen LogP) is 0.0505. The van der Waals surface area contributed by atoms with Crippen molar-refractivity contribution in [3.63, 3.8) is 0 Å². The Kier molecular flexibility index (Phi) is 5.65. The number of fused-ring (bicyclic) bond motifs is 2. The third kappa shape index (κ3) is 3.17. The van der Waals surface area contributed by atoms with Gasteiger partial charge >= 0.3 is 0 Å². The minimum atomic E-state index is -0.0812. The summed E-state index contributed by atoms with van der Waals surface area (Å²) in [6.07, 6.45) is 1.75. The van der Waals surface area contributed by atoms with Gasteiger partial charge in [-0.05, 0) is 19.8 Å². The van der Waals surface area contributed by atoms with Crippen LogP contribution < -0.4 is 0 Å². The number of nitrogens with zero attached hydrogens (tertiary/aromatic N) is 3. The molecule has 0 aromatic heterocycles. The molecule has 7 nitrogen and oxygen atoms in total. The van der Waals surface area contributed by atoms with Crippen molar-refractivity contribution in [1.29, 1.82) is 0 Å². The molecule has 2 atom stereocenters. The molecule has 0 radical (unpaired) electrons. The fraction of sp³-hybridized carbons (Fsp3) is 0.889. The molecule has 0 saturated carbocycles. The molecule has 7 heteroatoms. The Morgan fingerprint density at radius 3 is 2.52 bits per heavy atom. The van der Waals surface area contributed by atoms with Crippen LogP contribution in [-0.2, 0) is 19.1 Å². The molecule has 0 aromatic carbocycles. The van der Waals surface area contributed by atoms with Gasteiger partial charge in [0, 0.05) is 59.4 Å². The number of ether oxygens (including phenoxy) is 2. The third-order valence-corrected chi connectivity index (χ3v) is 6.38. The molecule has 142 valence electrons. The first kappa shape index (κ1) is 18.6. The number of hydrogen-bond acceptors (Lipinski definition) is 5. The van der Waals surface area contributed by atoms with Crippen molar-refractivity contribution in [3.8, 4) is 0 Å². The molecular formula is C18H31N3O4. The number of piperidine rings is 1. The van der Waals surface area contributed by atoms with Crippen LogP contribution in [-0.4, -0.2) is 98.8 Å². The Labute approximate surface area is 150 Å². The fourth-order valence-corrected chi connectivity index (χ4v) is 5.17. The number of rotatable bonds is 6. The summed E-state index contributed by atoms with van der Waals surface area (Å²) in [5.74, 6) is 0.841. The fourth-order valence-electron chi connectivity index (χ4n) is 5.17. The van der Waals surface area contributed by atoms with Gasteiger partial charge < -0.3 is 19.3 Å². The van der Waals surface area contributed by atoms with Gasteiger partial charge in [-0.2, -0.15) is 0 Å². The molecule has 3 saturated heterocycles. The number of methoxy groups -OCH3 is 2. The summed E-state index contributed by atoms with van der Waals surface area (Å²) in [5.41, 5.74) is -0.0812. The summed E-state index contributed by atoms with van der Waals surface area (Å²) >= 11 is 0. The van der Waals surface area contributed by atoms with Crippen molar-refractivity contribution in [2.75, 3.05) is 66.7 Å². The minimum Gasteiger partial charge on any atom is -0.383 e. The van der Waals surface area contributed by atoms with E-state index in [9.17, 15) is 9.59 Å². The lowest BCUT2D eigenvalue weighted by atomic mass is 9.75. The quantitative estimate of drug-likeness (QED) is 0.675. The molecule has 0 aliphatic carbocycles. The molecule has 3 aliphatic heterocycles. The maximum absolute atomic E-state index is 13.0. The van der Waals surface area contributed by atoms with Crippen LogP contribution in [0, 0.1) is 11.8 Å². The van der Waals surface area contributed by atoms with E-state index in [4.69, 9.17) is 9.47 Å². The Morgan fingerprint density at radius 2 is 1.92 bits per heavy atom. The van der Waals surface area contributed by atoms with E-state index >= 15 is 0 Å². The van der Waals surface area contributed by atoms with E-state index in [-0.39, 0.29) is 24.0 Å². The van der Waals surface area contributed by atoms with Crippen molar-refractivity contribution in [2.45, 2.75) is 25.3 Å². The highest BCUT2D eigenvalue weighted by Crippen LogP contribution is 2.49. The normalized spacial score (nSPS) is 28.8. The minimum absolute atomic E-state index is 0.0504. The van der Waals surface area contributed by atoms with Crippen LogP contribution in [0.15, 0.2) is 0 Å². The number of hydrogen-bond donors (Lipinski definition) is 0. The average Bonchev–Trinajstić information content (AvgIpc) is 3.13. The zero-order valence-electron chi connectivity index (χ0n) is 15.7. The van der Waals surface area contributed by atoms with Crippen LogP contribution in [0.5, 0.6) is 0 Å². The van der Waals surface area contributed by atoms with E-state index in [1.54, 1.807) is 14.2 Å². The Balaban J connectivity index is 1.73. The average molecular weight is 353 g/mol. The number of carbonyl (C=O) groups is 2. The smallest absolute Gasteiger partial charge is 0.248 e. The lowest BCUT2D eigenvalue weighted by molar-refractivity contribution is -0.140. The first-order valence-electron chi connectivity index (χ1n) is 9.37. The second-order valence-electron chi connectivity index (χ2n) is 7.47. The van der Waals surface area contributed by atoms with Gasteiger partial charge in [-0.15, -0.1) is 0 Å². The highest BCUT2D eigenvalue weighted by atomic mass is 16.5. The van der Waals surface area contributed by atoms with Crippen molar-refractivity contribution < 1.29 is 19.1 Å². The summed E-state index contributed by atoms with van der Waals surface area (Å²) in [6.45, 7) is 7.80. The number of likely N-dealkylation sites (tertiary alicyclic amines) is 3. The molecular weight excluding hydrogens is 322 g/mol. The molecule has 1 spiro atoms. The standard InChI is InChI=1S/C18H31N3O4/c1-4-21-17(23)14-11-19(9-10-24-2)12-15(14)18(21)5-7-20(8-6-18)16(22)13-25-3/h14-15H,4-13H2,1-3H3/t14-,15+/m0/s1. The molecule has 0 N–H and O–H groups in total.